The van der Waals surface area contributed by atoms with Crippen molar-refractivity contribution in [1.29, 1.82) is 0 Å². The van der Waals surface area contributed by atoms with Gasteiger partial charge in [0, 0.05) is 23.8 Å². The van der Waals surface area contributed by atoms with Crippen LogP contribution < -0.4 is 5.32 Å². The minimum absolute atomic E-state index is 0.0286. The molecule has 2 aromatic rings. The fourth-order valence-corrected chi connectivity index (χ4v) is 3.41. The van der Waals surface area contributed by atoms with Crippen LogP contribution in [0.1, 0.15) is 24.0 Å². The zero-order valence-corrected chi connectivity index (χ0v) is 14.7. The van der Waals surface area contributed by atoms with Crippen molar-refractivity contribution in [3.05, 3.63) is 64.7 Å². The average Bonchev–Trinajstić information content (AvgIpc) is 2.60. The summed E-state index contributed by atoms with van der Waals surface area (Å²) in [6.07, 6.45) is 2.00. The van der Waals surface area contributed by atoms with Crippen LogP contribution in [0.2, 0.25) is 5.02 Å². The number of benzene rings is 2. The summed E-state index contributed by atoms with van der Waals surface area (Å²) in [6, 6.07) is 16.0. The topological polar surface area (TPSA) is 32.3 Å². The quantitative estimate of drug-likeness (QED) is 0.887. The summed E-state index contributed by atoms with van der Waals surface area (Å²) in [6.45, 7) is 4.69. The van der Waals surface area contributed by atoms with Gasteiger partial charge in [-0.1, -0.05) is 48.0 Å². The molecule has 1 heterocycles. The lowest BCUT2D eigenvalue weighted by Crippen LogP contribution is -2.40. The largest absolute Gasteiger partial charge is 0.326 e. The van der Waals surface area contributed by atoms with Crippen LogP contribution in [0.3, 0.4) is 0 Å². The Kier molecular flexibility index (Phi) is 5.54. The molecule has 1 saturated heterocycles. The van der Waals surface area contributed by atoms with E-state index in [0.29, 0.717) is 5.02 Å². The molecule has 4 heteroatoms. The van der Waals surface area contributed by atoms with Gasteiger partial charge in [-0.2, -0.15) is 0 Å². The van der Waals surface area contributed by atoms with Gasteiger partial charge < -0.3 is 5.32 Å². The van der Waals surface area contributed by atoms with E-state index in [1.165, 1.54) is 5.56 Å². The molecule has 0 spiro atoms. The lowest BCUT2D eigenvalue weighted by molar-refractivity contribution is -0.121. The first-order valence-corrected chi connectivity index (χ1v) is 8.83. The monoisotopic (exact) mass is 342 g/mol. The average molecular weight is 343 g/mol. The molecule has 1 N–H and O–H groups in total. The lowest BCUT2D eigenvalue weighted by atomic mass is 9.96. The number of nitrogens with zero attached hydrogens (tertiary/aromatic N) is 1. The Bertz CT molecular complexity index is 702. The van der Waals surface area contributed by atoms with E-state index in [1.54, 1.807) is 0 Å². The van der Waals surface area contributed by atoms with Gasteiger partial charge in [0.2, 0.25) is 5.91 Å². The molecule has 2 aromatic carbocycles. The molecule has 0 aliphatic carbocycles. The van der Waals surface area contributed by atoms with Crippen LogP contribution in [-0.2, 0) is 11.3 Å². The second kappa shape index (κ2) is 7.82. The van der Waals surface area contributed by atoms with Crippen molar-refractivity contribution in [2.75, 3.05) is 18.4 Å². The van der Waals surface area contributed by atoms with E-state index in [4.69, 9.17) is 11.6 Å². The maximum absolute atomic E-state index is 12.6. The number of anilines is 1. The summed E-state index contributed by atoms with van der Waals surface area (Å²) in [4.78, 5) is 15.0. The molecule has 24 heavy (non-hydrogen) atoms. The maximum atomic E-state index is 12.6. The van der Waals surface area contributed by atoms with E-state index >= 15 is 0 Å². The van der Waals surface area contributed by atoms with Crippen molar-refractivity contribution < 1.29 is 4.79 Å². The first-order chi connectivity index (χ1) is 11.6. The van der Waals surface area contributed by atoms with Crippen LogP contribution >= 0.6 is 11.6 Å². The fraction of sp³-hybridized carbons (Fsp3) is 0.350. The molecule has 0 bridgehead atoms. The molecule has 1 atom stereocenters. The third-order valence-corrected chi connectivity index (χ3v) is 5.06. The number of rotatable bonds is 4. The van der Waals surface area contributed by atoms with E-state index < -0.39 is 0 Å². The fourth-order valence-electron chi connectivity index (χ4n) is 3.23. The number of hydrogen-bond donors (Lipinski definition) is 1. The minimum atomic E-state index is 0.0286. The van der Waals surface area contributed by atoms with Gasteiger partial charge in [0.25, 0.3) is 0 Å². The molecular weight excluding hydrogens is 320 g/mol. The number of amides is 1. The summed E-state index contributed by atoms with van der Waals surface area (Å²) in [7, 11) is 0. The molecule has 1 fully saturated rings. The summed E-state index contributed by atoms with van der Waals surface area (Å²) < 4.78 is 0. The number of hydrogen-bond acceptors (Lipinski definition) is 2. The molecule has 1 aliphatic heterocycles. The summed E-state index contributed by atoms with van der Waals surface area (Å²) in [5.41, 5.74) is 3.03. The van der Waals surface area contributed by atoms with Crippen molar-refractivity contribution in [1.82, 2.24) is 4.90 Å². The second-order valence-corrected chi connectivity index (χ2v) is 6.87. The van der Waals surface area contributed by atoms with Crippen molar-refractivity contribution >= 4 is 23.2 Å². The predicted molar refractivity (Wildman–Crippen MR) is 99.3 cm³/mol. The molecule has 1 unspecified atom stereocenters. The van der Waals surface area contributed by atoms with E-state index in [2.05, 4.69) is 34.5 Å². The Labute approximate surface area is 148 Å². The minimum Gasteiger partial charge on any atom is -0.326 e. The zero-order chi connectivity index (χ0) is 16.9. The third kappa shape index (κ3) is 4.16. The highest BCUT2D eigenvalue weighted by Crippen LogP contribution is 2.25. The highest BCUT2D eigenvalue weighted by atomic mass is 35.5. The van der Waals surface area contributed by atoms with Crippen LogP contribution in [-0.4, -0.2) is 23.9 Å². The Morgan fingerprint density at radius 2 is 2.00 bits per heavy atom. The van der Waals surface area contributed by atoms with Crippen LogP contribution in [0.25, 0.3) is 0 Å². The van der Waals surface area contributed by atoms with Gasteiger partial charge in [-0.05, 0) is 49.6 Å². The van der Waals surface area contributed by atoms with Crippen LogP contribution in [0.4, 0.5) is 5.69 Å². The Morgan fingerprint density at radius 1 is 1.21 bits per heavy atom. The Balaban J connectivity index is 1.61. The van der Waals surface area contributed by atoms with Crippen LogP contribution in [0.15, 0.2) is 48.5 Å². The number of carbonyl (C=O) groups excluding carboxylic acids is 1. The van der Waals surface area contributed by atoms with E-state index in [9.17, 15) is 4.79 Å². The lowest BCUT2D eigenvalue weighted by Gasteiger charge is -2.32. The molecule has 0 aromatic heterocycles. The normalized spacial score (nSPS) is 18.3. The molecule has 1 aliphatic rings. The third-order valence-electron chi connectivity index (χ3n) is 4.65. The molecular formula is C20H23ClN2O. The van der Waals surface area contributed by atoms with Crippen molar-refractivity contribution in [2.45, 2.75) is 26.3 Å². The van der Waals surface area contributed by atoms with E-state index in [-0.39, 0.29) is 11.8 Å². The van der Waals surface area contributed by atoms with E-state index in [0.717, 1.165) is 43.7 Å². The molecule has 1 amide bonds. The number of halogens is 1. The molecule has 0 saturated carbocycles. The standard InChI is InChI=1S/C20H23ClN2O/c1-15-18(21)10-5-11-19(15)22-20(24)17-9-6-12-23(14-17)13-16-7-3-2-4-8-16/h2-5,7-8,10-11,17H,6,9,12-14H2,1H3,(H,22,24). The highest BCUT2D eigenvalue weighted by molar-refractivity contribution is 6.31. The van der Waals surface area contributed by atoms with Gasteiger partial charge in [-0.25, -0.2) is 0 Å². The van der Waals surface area contributed by atoms with E-state index in [1.807, 2.05) is 31.2 Å². The van der Waals surface area contributed by atoms with Gasteiger partial charge in [0.05, 0.1) is 5.92 Å². The van der Waals surface area contributed by atoms with Gasteiger partial charge in [-0.15, -0.1) is 0 Å². The van der Waals surface area contributed by atoms with Crippen LogP contribution in [0, 0.1) is 12.8 Å². The van der Waals surface area contributed by atoms with Gasteiger partial charge in [-0.3, -0.25) is 9.69 Å². The second-order valence-electron chi connectivity index (χ2n) is 6.46. The molecule has 0 radical (unpaired) electrons. The smallest absolute Gasteiger partial charge is 0.228 e. The number of nitrogens with one attached hydrogen (secondary N) is 1. The Hall–Kier alpha value is -1.84. The van der Waals surface area contributed by atoms with Crippen LogP contribution in [0.5, 0.6) is 0 Å². The maximum Gasteiger partial charge on any atom is 0.228 e. The van der Waals surface area contributed by atoms with Gasteiger partial charge in [0.1, 0.15) is 0 Å². The summed E-state index contributed by atoms with van der Waals surface area (Å²) >= 11 is 6.14. The van der Waals surface area contributed by atoms with Gasteiger partial charge in [0.15, 0.2) is 0 Å². The summed E-state index contributed by atoms with van der Waals surface area (Å²) in [5.74, 6) is 0.124. The van der Waals surface area contributed by atoms with Crippen molar-refractivity contribution in [3.63, 3.8) is 0 Å². The number of likely N-dealkylation sites (tertiary alicyclic amines) is 1. The first kappa shape index (κ1) is 17.0. The summed E-state index contributed by atoms with van der Waals surface area (Å²) in [5, 5.41) is 3.74. The first-order valence-electron chi connectivity index (χ1n) is 8.46. The molecule has 3 nitrogen and oxygen atoms in total. The SMILES string of the molecule is Cc1c(Cl)cccc1NC(=O)C1CCCN(Cc2ccccc2)C1. The number of piperidine rings is 1. The van der Waals surface area contributed by atoms with Crippen molar-refractivity contribution in [3.8, 4) is 0 Å². The zero-order valence-electron chi connectivity index (χ0n) is 14.0. The Morgan fingerprint density at radius 3 is 2.79 bits per heavy atom. The van der Waals surface area contributed by atoms with Gasteiger partial charge >= 0.3 is 0 Å². The van der Waals surface area contributed by atoms with Crippen molar-refractivity contribution in [2.24, 2.45) is 5.92 Å². The molecule has 3 rings (SSSR count). The molecule has 126 valence electrons. The predicted octanol–water partition coefficient (Wildman–Crippen LogP) is 4.50. The number of carbonyl (C=O) groups is 1. The highest BCUT2D eigenvalue weighted by Gasteiger charge is 2.26.